The highest BCUT2D eigenvalue weighted by Gasteiger charge is 2.06. The summed E-state index contributed by atoms with van der Waals surface area (Å²) in [5.74, 6) is 0.589. The second kappa shape index (κ2) is 5.26. The molecule has 1 unspecified atom stereocenters. The molecule has 5 heteroatoms. The minimum atomic E-state index is -0.0505. The number of rotatable bonds is 2. The highest BCUT2D eigenvalue weighted by atomic mass is 15.1. The summed E-state index contributed by atoms with van der Waals surface area (Å²) in [5, 5.41) is 0. The molecular formula is C9H17N5. The topological polar surface area (TPSA) is 103 Å². The van der Waals surface area contributed by atoms with E-state index in [0.29, 0.717) is 12.5 Å². The van der Waals surface area contributed by atoms with Crippen LogP contribution in [0.4, 0.5) is 0 Å². The van der Waals surface area contributed by atoms with E-state index >= 15 is 0 Å². The van der Waals surface area contributed by atoms with E-state index in [-0.39, 0.29) is 11.9 Å². The van der Waals surface area contributed by atoms with Crippen molar-refractivity contribution < 1.29 is 0 Å². The monoisotopic (exact) mass is 195 g/mol. The van der Waals surface area contributed by atoms with Crippen molar-refractivity contribution >= 4 is 11.9 Å². The van der Waals surface area contributed by atoms with Crippen LogP contribution >= 0.6 is 0 Å². The summed E-state index contributed by atoms with van der Waals surface area (Å²) in [5.41, 5.74) is 15.8. The molecular weight excluding hydrogens is 178 g/mol. The highest BCUT2D eigenvalue weighted by Crippen LogP contribution is 2.16. The standard InChI is InChI=1S/C9H17N5/c10-8(11)14-9(12)13-6-7-4-2-1-3-5-7/h2,4,7H,1,3,5-6H2,(H6,10,11,12,13,14). The molecule has 14 heavy (non-hydrogen) atoms. The van der Waals surface area contributed by atoms with Crippen molar-refractivity contribution in [2.24, 2.45) is 33.1 Å². The summed E-state index contributed by atoms with van der Waals surface area (Å²) in [4.78, 5) is 7.72. The number of aliphatic imine (C=N–C) groups is 2. The molecule has 0 spiro atoms. The largest absolute Gasteiger partial charge is 0.370 e. The van der Waals surface area contributed by atoms with Crippen molar-refractivity contribution in [1.29, 1.82) is 0 Å². The van der Waals surface area contributed by atoms with Crippen molar-refractivity contribution in [3.05, 3.63) is 12.2 Å². The maximum Gasteiger partial charge on any atom is 0.218 e. The molecule has 1 rings (SSSR count). The molecule has 0 aromatic heterocycles. The number of hydrogen-bond donors (Lipinski definition) is 3. The molecule has 1 aliphatic carbocycles. The van der Waals surface area contributed by atoms with Gasteiger partial charge in [-0.2, -0.15) is 4.99 Å². The number of hydrogen-bond acceptors (Lipinski definition) is 1. The first-order valence-electron chi connectivity index (χ1n) is 4.74. The lowest BCUT2D eigenvalue weighted by Crippen LogP contribution is -2.26. The zero-order chi connectivity index (χ0) is 10.4. The minimum Gasteiger partial charge on any atom is -0.370 e. The molecule has 0 aromatic carbocycles. The van der Waals surface area contributed by atoms with Gasteiger partial charge < -0.3 is 17.2 Å². The Balaban J connectivity index is 2.41. The van der Waals surface area contributed by atoms with E-state index in [1.165, 1.54) is 12.8 Å². The van der Waals surface area contributed by atoms with E-state index in [4.69, 9.17) is 17.2 Å². The van der Waals surface area contributed by atoms with Crippen LogP contribution in [0.1, 0.15) is 19.3 Å². The van der Waals surface area contributed by atoms with Gasteiger partial charge in [0.05, 0.1) is 0 Å². The van der Waals surface area contributed by atoms with Crippen molar-refractivity contribution in [3.63, 3.8) is 0 Å². The lowest BCUT2D eigenvalue weighted by molar-refractivity contribution is 0.551. The molecule has 0 saturated carbocycles. The Labute approximate surface area is 83.8 Å². The van der Waals surface area contributed by atoms with Crippen LogP contribution in [0.2, 0.25) is 0 Å². The van der Waals surface area contributed by atoms with Crippen molar-refractivity contribution in [1.82, 2.24) is 0 Å². The van der Waals surface area contributed by atoms with Crippen molar-refractivity contribution in [3.8, 4) is 0 Å². The third-order valence-electron chi connectivity index (χ3n) is 2.09. The first kappa shape index (κ1) is 10.6. The van der Waals surface area contributed by atoms with Crippen LogP contribution in [0, 0.1) is 5.92 Å². The quantitative estimate of drug-likeness (QED) is 0.326. The zero-order valence-corrected chi connectivity index (χ0v) is 8.19. The number of guanidine groups is 2. The minimum absolute atomic E-state index is 0.0505. The van der Waals surface area contributed by atoms with Crippen LogP contribution in [-0.2, 0) is 0 Å². The molecule has 78 valence electrons. The van der Waals surface area contributed by atoms with Gasteiger partial charge in [-0.1, -0.05) is 12.2 Å². The zero-order valence-electron chi connectivity index (χ0n) is 8.19. The van der Waals surface area contributed by atoms with Gasteiger partial charge in [-0.3, -0.25) is 4.99 Å². The third-order valence-corrected chi connectivity index (χ3v) is 2.09. The Hall–Kier alpha value is -1.52. The maximum atomic E-state index is 5.47. The normalized spacial score (nSPS) is 22.0. The van der Waals surface area contributed by atoms with Crippen LogP contribution in [0.5, 0.6) is 0 Å². The Kier molecular flexibility index (Phi) is 3.97. The molecule has 0 fully saturated rings. The van der Waals surface area contributed by atoms with Crippen molar-refractivity contribution in [2.75, 3.05) is 6.54 Å². The summed E-state index contributed by atoms with van der Waals surface area (Å²) < 4.78 is 0. The third kappa shape index (κ3) is 3.93. The van der Waals surface area contributed by atoms with Gasteiger partial charge >= 0.3 is 0 Å². The van der Waals surface area contributed by atoms with Crippen molar-refractivity contribution in [2.45, 2.75) is 19.3 Å². The molecule has 0 saturated heterocycles. The molecule has 1 atom stereocenters. The van der Waals surface area contributed by atoms with E-state index in [1.807, 2.05) is 0 Å². The Morgan fingerprint density at radius 1 is 1.36 bits per heavy atom. The molecule has 0 aliphatic heterocycles. The maximum absolute atomic E-state index is 5.47. The second-order valence-corrected chi connectivity index (χ2v) is 3.35. The van der Waals surface area contributed by atoms with Crippen LogP contribution in [-0.4, -0.2) is 18.5 Å². The van der Waals surface area contributed by atoms with Gasteiger partial charge in [-0.05, 0) is 25.2 Å². The van der Waals surface area contributed by atoms with Gasteiger partial charge in [0, 0.05) is 6.54 Å². The first-order chi connectivity index (χ1) is 6.68. The first-order valence-corrected chi connectivity index (χ1v) is 4.74. The molecule has 5 nitrogen and oxygen atoms in total. The lowest BCUT2D eigenvalue weighted by Gasteiger charge is -2.13. The fourth-order valence-electron chi connectivity index (χ4n) is 1.41. The average molecular weight is 195 g/mol. The van der Waals surface area contributed by atoms with E-state index in [1.54, 1.807) is 0 Å². The Morgan fingerprint density at radius 3 is 2.71 bits per heavy atom. The molecule has 0 heterocycles. The number of allylic oxidation sites excluding steroid dienone is 1. The van der Waals surface area contributed by atoms with Gasteiger partial charge in [0.25, 0.3) is 0 Å². The van der Waals surface area contributed by atoms with Crippen LogP contribution in [0.15, 0.2) is 22.1 Å². The summed E-state index contributed by atoms with van der Waals surface area (Å²) >= 11 is 0. The van der Waals surface area contributed by atoms with Gasteiger partial charge in [-0.25, -0.2) is 0 Å². The van der Waals surface area contributed by atoms with Crippen LogP contribution in [0.3, 0.4) is 0 Å². The molecule has 0 aromatic rings. The van der Waals surface area contributed by atoms with Crippen LogP contribution < -0.4 is 17.2 Å². The summed E-state index contributed by atoms with van der Waals surface area (Å²) in [6.45, 7) is 0.666. The van der Waals surface area contributed by atoms with E-state index in [0.717, 1.165) is 6.42 Å². The number of nitrogens with zero attached hydrogens (tertiary/aromatic N) is 2. The fraction of sp³-hybridized carbons (Fsp3) is 0.556. The van der Waals surface area contributed by atoms with Crippen LogP contribution in [0.25, 0.3) is 0 Å². The van der Waals surface area contributed by atoms with E-state index in [2.05, 4.69) is 22.1 Å². The van der Waals surface area contributed by atoms with E-state index < -0.39 is 0 Å². The fourth-order valence-corrected chi connectivity index (χ4v) is 1.41. The predicted molar refractivity (Wildman–Crippen MR) is 58.8 cm³/mol. The molecule has 0 amide bonds. The summed E-state index contributed by atoms with van der Waals surface area (Å²) in [6.07, 6.45) is 7.91. The predicted octanol–water partition coefficient (Wildman–Crippen LogP) is -0.0692. The van der Waals surface area contributed by atoms with Gasteiger partial charge in [0.2, 0.25) is 5.96 Å². The Bertz CT molecular complexity index is 262. The molecule has 0 bridgehead atoms. The van der Waals surface area contributed by atoms with Gasteiger partial charge in [0.1, 0.15) is 0 Å². The summed E-state index contributed by atoms with van der Waals surface area (Å²) in [6, 6.07) is 0. The SMILES string of the molecule is NC(N)=NC(N)=NCC1C=CCCC1. The smallest absolute Gasteiger partial charge is 0.218 e. The second-order valence-electron chi connectivity index (χ2n) is 3.35. The Morgan fingerprint density at radius 2 is 2.14 bits per heavy atom. The number of nitrogens with two attached hydrogens (primary N) is 3. The van der Waals surface area contributed by atoms with Gasteiger partial charge in [0.15, 0.2) is 5.96 Å². The average Bonchev–Trinajstić information content (AvgIpc) is 2.15. The molecule has 1 aliphatic rings. The molecule has 0 radical (unpaired) electrons. The highest BCUT2D eigenvalue weighted by molar-refractivity contribution is 5.92. The van der Waals surface area contributed by atoms with Gasteiger partial charge in [-0.15, -0.1) is 0 Å². The molecule has 6 N–H and O–H groups in total. The lowest BCUT2D eigenvalue weighted by atomic mass is 9.96. The van der Waals surface area contributed by atoms with E-state index in [9.17, 15) is 0 Å². The summed E-state index contributed by atoms with van der Waals surface area (Å²) in [7, 11) is 0.